The highest BCUT2D eigenvalue weighted by Gasteiger charge is 2.14. The number of benzene rings is 1. The van der Waals surface area contributed by atoms with E-state index < -0.39 is 0 Å². The number of ether oxygens (including phenoxy) is 1. The Hall–Kier alpha value is -1.79. The van der Waals surface area contributed by atoms with Gasteiger partial charge in [0.1, 0.15) is 0 Å². The standard InChI is InChI=1S/C13H19N5O/c1-10-4-6-12(7-5-10)18-13(15-16-17-18)11(2)14-8-9-19-3/h4-7,11,14H,8-9H2,1-3H3. The van der Waals surface area contributed by atoms with E-state index in [1.54, 1.807) is 11.8 Å². The maximum atomic E-state index is 5.02. The van der Waals surface area contributed by atoms with Crippen LogP contribution in [0.1, 0.15) is 24.4 Å². The van der Waals surface area contributed by atoms with Crippen molar-refractivity contribution in [2.75, 3.05) is 20.3 Å². The molecule has 0 spiro atoms. The lowest BCUT2D eigenvalue weighted by Gasteiger charge is -2.13. The Kier molecular flexibility index (Phi) is 4.59. The molecule has 102 valence electrons. The number of nitrogens with one attached hydrogen (secondary N) is 1. The van der Waals surface area contributed by atoms with E-state index in [-0.39, 0.29) is 6.04 Å². The molecule has 2 aromatic rings. The summed E-state index contributed by atoms with van der Waals surface area (Å²) in [7, 11) is 1.68. The number of hydrogen-bond donors (Lipinski definition) is 1. The second kappa shape index (κ2) is 6.40. The summed E-state index contributed by atoms with van der Waals surface area (Å²) in [5.74, 6) is 0.792. The van der Waals surface area contributed by atoms with Crippen molar-refractivity contribution in [3.8, 4) is 5.69 Å². The fourth-order valence-electron chi connectivity index (χ4n) is 1.80. The van der Waals surface area contributed by atoms with Crippen LogP contribution in [0.5, 0.6) is 0 Å². The molecule has 0 bridgehead atoms. The van der Waals surface area contributed by atoms with Crippen LogP contribution >= 0.6 is 0 Å². The first-order chi connectivity index (χ1) is 9.22. The van der Waals surface area contributed by atoms with Crippen molar-refractivity contribution in [1.29, 1.82) is 0 Å². The lowest BCUT2D eigenvalue weighted by atomic mass is 10.2. The van der Waals surface area contributed by atoms with E-state index in [0.717, 1.165) is 18.1 Å². The van der Waals surface area contributed by atoms with Gasteiger partial charge in [-0.2, -0.15) is 4.68 Å². The summed E-state index contributed by atoms with van der Waals surface area (Å²) in [6.07, 6.45) is 0. The fourth-order valence-corrected chi connectivity index (χ4v) is 1.80. The molecule has 1 aromatic carbocycles. The van der Waals surface area contributed by atoms with Crippen LogP contribution in [0, 0.1) is 6.92 Å². The highest BCUT2D eigenvalue weighted by molar-refractivity contribution is 5.34. The second-order valence-corrected chi connectivity index (χ2v) is 4.45. The van der Waals surface area contributed by atoms with Crippen LogP contribution in [0.25, 0.3) is 5.69 Å². The van der Waals surface area contributed by atoms with Gasteiger partial charge in [-0.15, -0.1) is 5.10 Å². The number of aromatic nitrogens is 4. The van der Waals surface area contributed by atoms with Crippen LogP contribution in [0.3, 0.4) is 0 Å². The number of tetrazole rings is 1. The molecule has 0 saturated carbocycles. The summed E-state index contributed by atoms with van der Waals surface area (Å²) in [6, 6.07) is 8.17. The van der Waals surface area contributed by atoms with Crippen molar-refractivity contribution >= 4 is 0 Å². The van der Waals surface area contributed by atoms with Crippen LogP contribution < -0.4 is 5.32 Å². The Morgan fingerprint density at radius 2 is 2.05 bits per heavy atom. The number of rotatable bonds is 6. The number of aryl methyl sites for hydroxylation is 1. The zero-order valence-corrected chi connectivity index (χ0v) is 11.5. The molecule has 0 fully saturated rings. The predicted octanol–water partition coefficient (Wildman–Crippen LogP) is 1.27. The molecule has 0 amide bonds. The molecule has 6 heteroatoms. The summed E-state index contributed by atoms with van der Waals surface area (Å²) in [5.41, 5.74) is 2.18. The topological polar surface area (TPSA) is 64.9 Å². The first kappa shape index (κ1) is 13.6. The Morgan fingerprint density at radius 3 is 2.74 bits per heavy atom. The van der Waals surface area contributed by atoms with Gasteiger partial charge in [0.2, 0.25) is 0 Å². The van der Waals surface area contributed by atoms with Crippen molar-refractivity contribution < 1.29 is 4.74 Å². The van der Waals surface area contributed by atoms with E-state index in [0.29, 0.717) is 6.61 Å². The number of hydrogen-bond acceptors (Lipinski definition) is 5. The quantitative estimate of drug-likeness (QED) is 0.793. The van der Waals surface area contributed by atoms with Gasteiger partial charge in [0.25, 0.3) is 0 Å². The summed E-state index contributed by atoms with van der Waals surface area (Å²) >= 11 is 0. The molecule has 2 rings (SSSR count). The van der Waals surface area contributed by atoms with Crippen LogP contribution in [0.15, 0.2) is 24.3 Å². The number of nitrogens with zero attached hydrogens (tertiary/aromatic N) is 4. The van der Waals surface area contributed by atoms with E-state index in [4.69, 9.17) is 4.74 Å². The van der Waals surface area contributed by atoms with Crippen LogP contribution in [-0.2, 0) is 4.74 Å². The maximum absolute atomic E-state index is 5.02. The van der Waals surface area contributed by atoms with E-state index in [1.165, 1.54) is 5.56 Å². The lowest BCUT2D eigenvalue weighted by Crippen LogP contribution is -2.25. The van der Waals surface area contributed by atoms with Crippen molar-refractivity contribution in [3.05, 3.63) is 35.7 Å². The summed E-state index contributed by atoms with van der Waals surface area (Å²) in [5, 5.41) is 15.2. The average molecular weight is 261 g/mol. The molecule has 6 nitrogen and oxygen atoms in total. The second-order valence-electron chi connectivity index (χ2n) is 4.45. The Bertz CT molecular complexity index is 508. The van der Waals surface area contributed by atoms with Crippen LogP contribution in [0.2, 0.25) is 0 Å². The van der Waals surface area contributed by atoms with Crippen molar-refractivity contribution in [2.24, 2.45) is 0 Å². The molecule has 0 radical (unpaired) electrons. The predicted molar refractivity (Wildman–Crippen MR) is 72.2 cm³/mol. The maximum Gasteiger partial charge on any atom is 0.173 e. The Balaban J connectivity index is 2.15. The molecule has 1 unspecified atom stereocenters. The first-order valence-electron chi connectivity index (χ1n) is 6.30. The summed E-state index contributed by atoms with van der Waals surface area (Å²) in [4.78, 5) is 0. The van der Waals surface area contributed by atoms with Crippen LogP contribution in [0.4, 0.5) is 0 Å². The van der Waals surface area contributed by atoms with Gasteiger partial charge in [0.05, 0.1) is 18.3 Å². The van der Waals surface area contributed by atoms with Crippen molar-refractivity contribution in [1.82, 2.24) is 25.5 Å². The molecular weight excluding hydrogens is 242 g/mol. The van der Waals surface area contributed by atoms with E-state index in [9.17, 15) is 0 Å². The van der Waals surface area contributed by atoms with Gasteiger partial charge in [0.15, 0.2) is 5.82 Å². The third kappa shape index (κ3) is 3.36. The summed E-state index contributed by atoms with van der Waals surface area (Å²) in [6.45, 7) is 5.51. The van der Waals surface area contributed by atoms with E-state index >= 15 is 0 Å². The molecule has 1 heterocycles. The minimum Gasteiger partial charge on any atom is -0.383 e. The Morgan fingerprint density at radius 1 is 1.32 bits per heavy atom. The molecule has 0 aliphatic rings. The van der Waals surface area contributed by atoms with Crippen molar-refractivity contribution in [2.45, 2.75) is 19.9 Å². The van der Waals surface area contributed by atoms with Crippen molar-refractivity contribution in [3.63, 3.8) is 0 Å². The van der Waals surface area contributed by atoms with Gasteiger partial charge in [-0.1, -0.05) is 17.7 Å². The van der Waals surface area contributed by atoms with Gasteiger partial charge < -0.3 is 10.1 Å². The van der Waals surface area contributed by atoms with Gasteiger partial charge in [-0.05, 0) is 36.4 Å². The molecule has 1 aromatic heterocycles. The van der Waals surface area contributed by atoms with Gasteiger partial charge in [-0.25, -0.2) is 0 Å². The first-order valence-corrected chi connectivity index (χ1v) is 6.30. The smallest absolute Gasteiger partial charge is 0.173 e. The van der Waals surface area contributed by atoms with Gasteiger partial charge in [-0.3, -0.25) is 0 Å². The SMILES string of the molecule is COCCNC(C)c1nnnn1-c1ccc(C)cc1. The average Bonchev–Trinajstić information content (AvgIpc) is 2.89. The van der Waals surface area contributed by atoms with Gasteiger partial charge in [0, 0.05) is 13.7 Å². The van der Waals surface area contributed by atoms with E-state index in [2.05, 4.69) is 27.8 Å². The minimum atomic E-state index is 0.0615. The number of methoxy groups -OCH3 is 1. The zero-order chi connectivity index (χ0) is 13.7. The minimum absolute atomic E-state index is 0.0615. The fraction of sp³-hybridized carbons (Fsp3) is 0.462. The normalized spacial score (nSPS) is 12.6. The summed E-state index contributed by atoms with van der Waals surface area (Å²) < 4.78 is 6.77. The molecule has 0 aliphatic heterocycles. The molecule has 19 heavy (non-hydrogen) atoms. The van der Waals surface area contributed by atoms with E-state index in [1.807, 2.05) is 31.2 Å². The monoisotopic (exact) mass is 261 g/mol. The highest BCUT2D eigenvalue weighted by Crippen LogP contribution is 2.14. The third-order valence-corrected chi connectivity index (χ3v) is 2.92. The van der Waals surface area contributed by atoms with Gasteiger partial charge >= 0.3 is 0 Å². The molecule has 0 aliphatic carbocycles. The zero-order valence-electron chi connectivity index (χ0n) is 11.5. The molecular formula is C13H19N5O. The third-order valence-electron chi connectivity index (χ3n) is 2.92. The molecule has 1 N–H and O–H groups in total. The highest BCUT2D eigenvalue weighted by atomic mass is 16.5. The molecule has 0 saturated heterocycles. The Labute approximate surface area is 112 Å². The lowest BCUT2D eigenvalue weighted by molar-refractivity contribution is 0.196. The van der Waals surface area contributed by atoms with Crippen LogP contribution in [-0.4, -0.2) is 40.5 Å². The molecule has 1 atom stereocenters. The largest absolute Gasteiger partial charge is 0.383 e.